The number of allylic oxidation sites excluding steroid dienone is 1. The summed E-state index contributed by atoms with van der Waals surface area (Å²) in [4.78, 5) is 0. The Morgan fingerprint density at radius 3 is 2.33 bits per heavy atom. The molecule has 0 amide bonds. The van der Waals surface area contributed by atoms with E-state index in [-0.39, 0.29) is 6.10 Å². The zero-order valence-corrected chi connectivity index (χ0v) is 8.21. The van der Waals surface area contributed by atoms with E-state index >= 15 is 0 Å². The molecule has 1 aliphatic carbocycles. The molecule has 0 bridgehead atoms. The summed E-state index contributed by atoms with van der Waals surface area (Å²) in [6.07, 6.45) is 10.5. The van der Waals surface area contributed by atoms with Gasteiger partial charge in [0.05, 0.1) is 6.10 Å². The molecule has 1 saturated carbocycles. The fourth-order valence-electron chi connectivity index (χ4n) is 1.90. The lowest BCUT2D eigenvalue weighted by Crippen LogP contribution is -2.17. The van der Waals surface area contributed by atoms with Gasteiger partial charge in [0.1, 0.15) is 0 Å². The molecule has 0 aliphatic heterocycles. The molecule has 1 nitrogen and oxygen atoms in total. The SMILES string of the molecule is CC(O)/C=C/C1(C)CCCCC1. The maximum atomic E-state index is 9.11. The summed E-state index contributed by atoms with van der Waals surface area (Å²) in [6, 6.07) is 0. The Labute approximate surface area is 75.5 Å². The van der Waals surface area contributed by atoms with Gasteiger partial charge in [-0.2, -0.15) is 0 Å². The predicted octanol–water partition coefficient (Wildman–Crippen LogP) is 2.89. The second-order valence-electron chi connectivity index (χ2n) is 4.31. The molecule has 12 heavy (non-hydrogen) atoms. The molecule has 1 atom stereocenters. The molecule has 0 radical (unpaired) electrons. The van der Waals surface area contributed by atoms with Crippen LogP contribution in [0.25, 0.3) is 0 Å². The average molecular weight is 168 g/mol. The lowest BCUT2D eigenvalue weighted by atomic mass is 9.75. The van der Waals surface area contributed by atoms with Crippen molar-refractivity contribution in [2.24, 2.45) is 5.41 Å². The highest BCUT2D eigenvalue weighted by Gasteiger charge is 2.23. The van der Waals surface area contributed by atoms with E-state index in [2.05, 4.69) is 13.0 Å². The van der Waals surface area contributed by atoms with Crippen LogP contribution in [0.2, 0.25) is 0 Å². The molecule has 1 fully saturated rings. The molecule has 1 aliphatic rings. The largest absolute Gasteiger partial charge is 0.389 e. The molecule has 1 heteroatoms. The third kappa shape index (κ3) is 2.98. The molecule has 1 N–H and O–H groups in total. The molecule has 1 rings (SSSR count). The second-order valence-corrected chi connectivity index (χ2v) is 4.31. The Kier molecular flexibility index (Phi) is 3.33. The van der Waals surface area contributed by atoms with Gasteiger partial charge in [0, 0.05) is 0 Å². The Bertz CT molecular complexity index is 152. The predicted molar refractivity (Wildman–Crippen MR) is 52.0 cm³/mol. The van der Waals surface area contributed by atoms with E-state index in [0.717, 1.165) is 0 Å². The van der Waals surface area contributed by atoms with Crippen LogP contribution in [0.15, 0.2) is 12.2 Å². The first-order chi connectivity index (χ1) is 5.62. The van der Waals surface area contributed by atoms with Crippen molar-refractivity contribution in [2.75, 3.05) is 0 Å². The van der Waals surface area contributed by atoms with Gasteiger partial charge < -0.3 is 5.11 Å². The lowest BCUT2D eigenvalue weighted by molar-refractivity contribution is 0.236. The van der Waals surface area contributed by atoms with Gasteiger partial charge in [-0.05, 0) is 25.2 Å². The van der Waals surface area contributed by atoms with Crippen LogP contribution in [0.4, 0.5) is 0 Å². The van der Waals surface area contributed by atoms with Crippen molar-refractivity contribution in [2.45, 2.75) is 52.1 Å². The van der Waals surface area contributed by atoms with Gasteiger partial charge in [0.25, 0.3) is 0 Å². The summed E-state index contributed by atoms with van der Waals surface area (Å²) >= 11 is 0. The standard InChI is InChI=1S/C11H20O/c1-10(12)6-9-11(2)7-4-3-5-8-11/h6,9-10,12H,3-5,7-8H2,1-2H3/b9-6+. The molecule has 0 aromatic carbocycles. The zero-order valence-electron chi connectivity index (χ0n) is 8.21. The Balaban J connectivity index is 2.46. The monoisotopic (exact) mass is 168 g/mol. The third-order valence-corrected chi connectivity index (χ3v) is 2.77. The van der Waals surface area contributed by atoms with Crippen LogP contribution in [0.3, 0.4) is 0 Å². The van der Waals surface area contributed by atoms with Crippen LogP contribution in [0.5, 0.6) is 0 Å². The molecule has 1 unspecified atom stereocenters. The molecular formula is C11H20O. The Morgan fingerprint density at radius 1 is 1.25 bits per heavy atom. The summed E-state index contributed by atoms with van der Waals surface area (Å²) in [5, 5.41) is 9.11. The van der Waals surface area contributed by atoms with Gasteiger partial charge >= 0.3 is 0 Å². The quantitative estimate of drug-likeness (QED) is 0.629. The average Bonchev–Trinajstić information content (AvgIpc) is 2.03. The maximum Gasteiger partial charge on any atom is 0.0692 e. The van der Waals surface area contributed by atoms with Gasteiger partial charge in [-0.3, -0.25) is 0 Å². The maximum absolute atomic E-state index is 9.11. The highest BCUT2D eigenvalue weighted by Crippen LogP contribution is 2.36. The van der Waals surface area contributed by atoms with E-state index in [0.29, 0.717) is 5.41 Å². The number of hydrogen-bond acceptors (Lipinski definition) is 1. The fraction of sp³-hybridized carbons (Fsp3) is 0.818. The summed E-state index contributed by atoms with van der Waals surface area (Å²) in [5.74, 6) is 0. The number of rotatable bonds is 2. The van der Waals surface area contributed by atoms with Gasteiger partial charge in [-0.25, -0.2) is 0 Å². The third-order valence-electron chi connectivity index (χ3n) is 2.77. The van der Waals surface area contributed by atoms with Gasteiger partial charge in [0.2, 0.25) is 0 Å². The Hall–Kier alpha value is -0.300. The van der Waals surface area contributed by atoms with Crippen LogP contribution in [0, 0.1) is 5.41 Å². The molecule has 0 aromatic rings. The van der Waals surface area contributed by atoms with Gasteiger partial charge in [0.15, 0.2) is 0 Å². The minimum Gasteiger partial charge on any atom is -0.389 e. The zero-order chi connectivity index (χ0) is 9.03. The van der Waals surface area contributed by atoms with Crippen molar-refractivity contribution in [3.05, 3.63) is 12.2 Å². The Morgan fingerprint density at radius 2 is 1.83 bits per heavy atom. The highest BCUT2D eigenvalue weighted by molar-refractivity contribution is 5.00. The highest BCUT2D eigenvalue weighted by atomic mass is 16.3. The first-order valence-electron chi connectivity index (χ1n) is 5.00. The molecule has 70 valence electrons. The number of aliphatic hydroxyl groups excluding tert-OH is 1. The second kappa shape index (κ2) is 4.08. The first-order valence-corrected chi connectivity index (χ1v) is 5.00. The summed E-state index contributed by atoms with van der Waals surface area (Å²) in [7, 11) is 0. The molecule has 0 heterocycles. The van der Waals surface area contributed by atoms with Crippen molar-refractivity contribution in [3.63, 3.8) is 0 Å². The molecule has 0 aromatic heterocycles. The smallest absolute Gasteiger partial charge is 0.0692 e. The van der Waals surface area contributed by atoms with Gasteiger partial charge in [-0.15, -0.1) is 0 Å². The summed E-state index contributed by atoms with van der Waals surface area (Å²) < 4.78 is 0. The van der Waals surface area contributed by atoms with E-state index in [1.807, 2.05) is 13.0 Å². The number of hydrogen-bond donors (Lipinski definition) is 1. The number of aliphatic hydroxyl groups is 1. The topological polar surface area (TPSA) is 20.2 Å². The van der Waals surface area contributed by atoms with Crippen LogP contribution in [-0.2, 0) is 0 Å². The van der Waals surface area contributed by atoms with E-state index in [9.17, 15) is 0 Å². The van der Waals surface area contributed by atoms with Crippen molar-refractivity contribution in [3.8, 4) is 0 Å². The van der Waals surface area contributed by atoms with Crippen LogP contribution >= 0.6 is 0 Å². The normalized spacial score (nSPS) is 25.9. The minimum absolute atomic E-state index is 0.288. The van der Waals surface area contributed by atoms with Crippen molar-refractivity contribution in [1.82, 2.24) is 0 Å². The van der Waals surface area contributed by atoms with E-state index in [4.69, 9.17) is 5.11 Å². The fourth-order valence-corrected chi connectivity index (χ4v) is 1.90. The lowest BCUT2D eigenvalue weighted by Gasteiger charge is -2.30. The van der Waals surface area contributed by atoms with Crippen molar-refractivity contribution in [1.29, 1.82) is 0 Å². The van der Waals surface area contributed by atoms with Crippen molar-refractivity contribution < 1.29 is 5.11 Å². The van der Waals surface area contributed by atoms with Crippen LogP contribution in [-0.4, -0.2) is 11.2 Å². The van der Waals surface area contributed by atoms with Crippen molar-refractivity contribution >= 4 is 0 Å². The molecule has 0 saturated heterocycles. The first kappa shape index (κ1) is 9.79. The molecular weight excluding hydrogens is 148 g/mol. The van der Waals surface area contributed by atoms with E-state index in [1.165, 1.54) is 32.1 Å². The van der Waals surface area contributed by atoms with Crippen LogP contribution < -0.4 is 0 Å². The molecule has 0 spiro atoms. The summed E-state index contributed by atoms with van der Waals surface area (Å²) in [5.41, 5.74) is 0.370. The minimum atomic E-state index is -0.288. The van der Waals surface area contributed by atoms with Crippen LogP contribution in [0.1, 0.15) is 46.0 Å². The summed E-state index contributed by atoms with van der Waals surface area (Å²) in [6.45, 7) is 4.10. The van der Waals surface area contributed by atoms with E-state index in [1.54, 1.807) is 0 Å². The van der Waals surface area contributed by atoms with E-state index < -0.39 is 0 Å². The van der Waals surface area contributed by atoms with Gasteiger partial charge in [-0.1, -0.05) is 38.3 Å².